The number of carbonyl (C=O) groups is 1. The van der Waals surface area contributed by atoms with E-state index in [1.54, 1.807) is 0 Å². The predicted molar refractivity (Wildman–Crippen MR) is 108 cm³/mol. The van der Waals surface area contributed by atoms with Gasteiger partial charge in [-0.25, -0.2) is 0 Å². The molecular formula is C23H26N2O2. The molecule has 4 rings (SSSR count). The van der Waals surface area contributed by atoms with E-state index in [0.717, 1.165) is 36.3 Å². The number of hydrogen-bond acceptors (Lipinski definition) is 2. The summed E-state index contributed by atoms with van der Waals surface area (Å²) in [5.41, 5.74) is 6.00. The minimum Gasteiger partial charge on any atom is -0.493 e. The van der Waals surface area contributed by atoms with Crippen molar-refractivity contribution in [3.63, 3.8) is 0 Å². The summed E-state index contributed by atoms with van der Waals surface area (Å²) in [5, 5.41) is 1.24. The van der Waals surface area contributed by atoms with Gasteiger partial charge in [-0.05, 0) is 37.5 Å². The zero-order chi connectivity index (χ0) is 18.8. The topological polar surface area (TPSA) is 45.3 Å². The zero-order valence-electron chi connectivity index (χ0n) is 16.0. The minimum atomic E-state index is 0.219. The van der Waals surface area contributed by atoms with E-state index < -0.39 is 0 Å². The van der Waals surface area contributed by atoms with Crippen LogP contribution >= 0.6 is 0 Å². The van der Waals surface area contributed by atoms with Gasteiger partial charge in [-0.2, -0.15) is 0 Å². The van der Waals surface area contributed by atoms with Crippen molar-refractivity contribution < 1.29 is 9.53 Å². The molecule has 1 aromatic heterocycles. The van der Waals surface area contributed by atoms with E-state index in [0.29, 0.717) is 19.6 Å². The normalized spacial score (nSPS) is 13.6. The number of aromatic amines is 1. The fourth-order valence-electron chi connectivity index (χ4n) is 3.96. The molecule has 27 heavy (non-hydrogen) atoms. The molecule has 3 aromatic rings. The SMILES string of the molecule is Cc1cccc(C)c1OCCCC(=O)N1CCc2[nH]c3ccccc3c2C1. The number of para-hydroxylation sites is 2. The highest BCUT2D eigenvalue weighted by Crippen LogP contribution is 2.28. The van der Waals surface area contributed by atoms with Crippen molar-refractivity contribution in [2.75, 3.05) is 13.2 Å². The van der Waals surface area contributed by atoms with Gasteiger partial charge in [0, 0.05) is 48.1 Å². The quantitative estimate of drug-likeness (QED) is 0.678. The third-order valence-corrected chi connectivity index (χ3v) is 5.43. The maximum atomic E-state index is 12.7. The lowest BCUT2D eigenvalue weighted by Gasteiger charge is -2.27. The van der Waals surface area contributed by atoms with Gasteiger partial charge in [0.2, 0.25) is 5.91 Å². The van der Waals surface area contributed by atoms with Crippen LogP contribution in [0.3, 0.4) is 0 Å². The summed E-state index contributed by atoms with van der Waals surface area (Å²) in [6.07, 6.45) is 2.17. The van der Waals surface area contributed by atoms with Crippen molar-refractivity contribution >= 4 is 16.8 Å². The number of carbonyl (C=O) groups excluding carboxylic acids is 1. The van der Waals surface area contributed by atoms with Crippen LogP contribution in [-0.2, 0) is 17.8 Å². The highest BCUT2D eigenvalue weighted by molar-refractivity contribution is 5.86. The van der Waals surface area contributed by atoms with Crippen LogP contribution in [-0.4, -0.2) is 28.9 Å². The van der Waals surface area contributed by atoms with E-state index in [9.17, 15) is 4.79 Å². The molecule has 0 spiro atoms. The van der Waals surface area contributed by atoms with E-state index in [-0.39, 0.29) is 5.91 Å². The smallest absolute Gasteiger partial charge is 0.223 e. The molecule has 0 radical (unpaired) electrons. The second-order valence-electron chi connectivity index (χ2n) is 7.37. The Morgan fingerprint density at radius 3 is 2.70 bits per heavy atom. The highest BCUT2D eigenvalue weighted by Gasteiger charge is 2.23. The molecule has 1 N–H and O–H groups in total. The molecule has 0 atom stereocenters. The van der Waals surface area contributed by atoms with Crippen molar-refractivity contribution in [1.29, 1.82) is 0 Å². The van der Waals surface area contributed by atoms with Gasteiger partial charge in [-0.3, -0.25) is 4.79 Å². The molecule has 0 fully saturated rings. The fourth-order valence-corrected chi connectivity index (χ4v) is 3.96. The molecule has 4 nitrogen and oxygen atoms in total. The summed E-state index contributed by atoms with van der Waals surface area (Å²) in [5.74, 6) is 1.17. The number of nitrogens with one attached hydrogen (secondary N) is 1. The lowest BCUT2D eigenvalue weighted by Crippen LogP contribution is -2.35. The molecule has 2 heterocycles. The van der Waals surface area contributed by atoms with Crippen molar-refractivity contribution in [2.45, 2.75) is 39.7 Å². The van der Waals surface area contributed by atoms with Crippen molar-refractivity contribution in [2.24, 2.45) is 0 Å². The molecule has 140 valence electrons. The minimum absolute atomic E-state index is 0.219. The van der Waals surface area contributed by atoms with E-state index in [1.807, 2.05) is 17.0 Å². The Balaban J connectivity index is 1.33. The van der Waals surface area contributed by atoms with Crippen molar-refractivity contribution in [3.8, 4) is 5.75 Å². The lowest BCUT2D eigenvalue weighted by atomic mass is 10.0. The van der Waals surface area contributed by atoms with Crippen molar-refractivity contribution in [1.82, 2.24) is 9.88 Å². The van der Waals surface area contributed by atoms with E-state index >= 15 is 0 Å². The molecule has 1 aliphatic rings. The molecule has 0 bridgehead atoms. The Hall–Kier alpha value is -2.75. The summed E-state index contributed by atoms with van der Waals surface area (Å²) >= 11 is 0. The molecule has 0 unspecified atom stereocenters. The third-order valence-electron chi connectivity index (χ3n) is 5.43. The number of aryl methyl sites for hydroxylation is 2. The monoisotopic (exact) mass is 362 g/mol. The molecule has 1 amide bonds. The fraction of sp³-hybridized carbons (Fsp3) is 0.348. The van der Waals surface area contributed by atoms with Crippen LogP contribution in [0.15, 0.2) is 42.5 Å². The van der Waals surface area contributed by atoms with Gasteiger partial charge >= 0.3 is 0 Å². The maximum Gasteiger partial charge on any atom is 0.223 e. The Bertz CT molecular complexity index is 953. The summed E-state index contributed by atoms with van der Waals surface area (Å²) in [6.45, 7) is 6.18. The number of hydrogen-bond donors (Lipinski definition) is 1. The van der Waals surface area contributed by atoms with Crippen LogP contribution in [0.4, 0.5) is 0 Å². The van der Waals surface area contributed by atoms with Gasteiger partial charge in [0.1, 0.15) is 5.75 Å². The van der Waals surface area contributed by atoms with Crippen LogP contribution < -0.4 is 4.74 Å². The van der Waals surface area contributed by atoms with E-state index in [4.69, 9.17) is 4.74 Å². The van der Waals surface area contributed by atoms with Crippen molar-refractivity contribution in [3.05, 3.63) is 64.8 Å². The lowest BCUT2D eigenvalue weighted by molar-refractivity contribution is -0.132. The number of nitrogens with zero attached hydrogens (tertiary/aromatic N) is 1. The number of aromatic nitrogens is 1. The van der Waals surface area contributed by atoms with Gasteiger partial charge in [0.25, 0.3) is 0 Å². The van der Waals surface area contributed by atoms with Crippen LogP contribution in [0.2, 0.25) is 0 Å². The van der Waals surface area contributed by atoms with Gasteiger partial charge in [-0.15, -0.1) is 0 Å². The van der Waals surface area contributed by atoms with Gasteiger partial charge < -0.3 is 14.6 Å². The van der Waals surface area contributed by atoms with E-state index in [2.05, 4.69) is 49.2 Å². The van der Waals surface area contributed by atoms with E-state index in [1.165, 1.54) is 22.2 Å². The first-order chi connectivity index (χ1) is 13.1. The van der Waals surface area contributed by atoms with Crippen LogP contribution in [0, 0.1) is 13.8 Å². The Morgan fingerprint density at radius 2 is 1.89 bits per heavy atom. The number of amides is 1. The first-order valence-corrected chi connectivity index (χ1v) is 9.69. The maximum absolute atomic E-state index is 12.7. The molecule has 0 saturated carbocycles. The zero-order valence-corrected chi connectivity index (χ0v) is 16.0. The second kappa shape index (κ2) is 7.47. The van der Waals surface area contributed by atoms with Gasteiger partial charge in [0.15, 0.2) is 0 Å². The summed E-state index contributed by atoms with van der Waals surface area (Å²) in [6, 6.07) is 14.5. The first-order valence-electron chi connectivity index (χ1n) is 9.69. The summed E-state index contributed by atoms with van der Waals surface area (Å²) < 4.78 is 5.93. The second-order valence-corrected chi connectivity index (χ2v) is 7.37. The summed E-state index contributed by atoms with van der Waals surface area (Å²) in [7, 11) is 0. The number of fused-ring (bicyclic) bond motifs is 3. The average molecular weight is 362 g/mol. The Labute approximate surface area is 160 Å². The molecular weight excluding hydrogens is 336 g/mol. The third kappa shape index (κ3) is 3.57. The van der Waals surface area contributed by atoms with Gasteiger partial charge in [-0.1, -0.05) is 36.4 Å². The standard InChI is InChI=1S/C23H26N2O2/c1-16-7-5-8-17(2)23(16)27-14-6-11-22(26)25-13-12-21-19(15-25)18-9-3-4-10-20(18)24-21/h3-5,7-10,24H,6,11-15H2,1-2H3. The van der Waals surface area contributed by atoms with Crippen LogP contribution in [0.25, 0.3) is 10.9 Å². The number of rotatable bonds is 5. The number of ether oxygens (including phenoxy) is 1. The Kier molecular flexibility index (Phi) is 4.88. The predicted octanol–water partition coefficient (Wildman–Crippen LogP) is 4.53. The van der Waals surface area contributed by atoms with Crippen LogP contribution in [0.5, 0.6) is 5.75 Å². The first kappa shape index (κ1) is 17.7. The molecule has 1 aliphatic heterocycles. The number of benzene rings is 2. The largest absolute Gasteiger partial charge is 0.493 e. The molecule has 4 heteroatoms. The molecule has 0 aliphatic carbocycles. The average Bonchev–Trinajstić information content (AvgIpc) is 3.04. The number of H-pyrrole nitrogens is 1. The Morgan fingerprint density at radius 1 is 1.11 bits per heavy atom. The van der Waals surface area contributed by atoms with Crippen LogP contribution in [0.1, 0.15) is 35.2 Å². The molecule has 2 aromatic carbocycles. The molecule has 0 saturated heterocycles. The highest BCUT2D eigenvalue weighted by atomic mass is 16.5. The van der Waals surface area contributed by atoms with Gasteiger partial charge in [0.05, 0.1) is 6.61 Å². The summed E-state index contributed by atoms with van der Waals surface area (Å²) in [4.78, 5) is 18.2.